The minimum absolute atomic E-state index is 0.0215. The second-order valence-electron chi connectivity index (χ2n) is 9.80. The number of carbonyl (C=O) groups is 1. The molecule has 4 aromatic rings. The van der Waals surface area contributed by atoms with Gasteiger partial charge in [-0.15, -0.1) is 0 Å². The summed E-state index contributed by atoms with van der Waals surface area (Å²) in [6, 6.07) is 21.0. The van der Waals surface area contributed by atoms with Gasteiger partial charge in [0, 0.05) is 34.1 Å². The van der Waals surface area contributed by atoms with Gasteiger partial charge in [-0.1, -0.05) is 37.6 Å². The normalized spacial score (nSPS) is 17.1. The van der Waals surface area contributed by atoms with Crippen LogP contribution in [0, 0.1) is 19.8 Å². The van der Waals surface area contributed by atoms with Gasteiger partial charge >= 0.3 is 0 Å². The summed E-state index contributed by atoms with van der Waals surface area (Å²) in [6.07, 6.45) is 1.78. The average molecular weight is 545 g/mol. The van der Waals surface area contributed by atoms with Gasteiger partial charge < -0.3 is 20.0 Å². The van der Waals surface area contributed by atoms with Gasteiger partial charge in [-0.05, 0) is 91.8 Å². The molecule has 0 aliphatic carbocycles. The zero-order valence-corrected chi connectivity index (χ0v) is 23.2. The third-order valence-corrected chi connectivity index (χ3v) is 7.30. The Morgan fingerprint density at radius 3 is 2.61 bits per heavy atom. The van der Waals surface area contributed by atoms with Crippen molar-refractivity contribution in [2.75, 3.05) is 10.2 Å². The lowest BCUT2D eigenvalue weighted by molar-refractivity contribution is -0.118. The third kappa shape index (κ3) is 5.04. The molecule has 2 atom stereocenters. The number of pyridine rings is 1. The first-order valence-electron chi connectivity index (χ1n) is 12.5. The molecule has 0 bridgehead atoms. The number of furan rings is 1. The minimum Gasteiger partial charge on any atom is -0.459 e. The first kappa shape index (κ1) is 25.9. The molecule has 1 saturated heterocycles. The Hall–Kier alpha value is -3.68. The lowest BCUT2D eigenvalue weighted by Crippen LogP contribution is -2.29. The predicted octanol–water partition coefficient (Wildman–Crippen LogP) is 7.38. The van der Waals surface area contributed by atoms with Crippen molar-refractivity contribution < 1.29 is 9.21 Å². The number of thiocarbonyl (C=S) groups is 1. The maximum atomic E-state index is 12.3. The molecule has 2 aromatic heterocycles. The van der Waals surface area contributed by atoms with Crippen LogP contribution in [0.5, 0.6) is 0 Å². The number of hydrogen-bond donors (Lipinski definition) is 2. The summed E-state index contributed by atoms with van der Waals surface area (Å²) < 4.78 is 6.49. The lowest BCUT2D eigenvalue weighted by Gasteiger charge is -2.27. The van der Waals surface area contributed by atoms with Crippen molar-refractivity contribution in [1.82, 2.24) is 10.3 Å². The molecule has 2 N–H and O–H groups in total. The van der Waals surface area contributed by atoms with Crippen LogP contribution < -0.4 is 15.5 Å². The van der Waals surface area contributed by atoms with Crippen molar-refractivity contribution in [3.05, 3.63) is 101 Å². The van der Waals surface area contributed by atoms with Crippen molar-refractivity contribution in [3.8, 4) is 11.3 Å². The van der Waals surface area contributed by atoms with Gasteiger partial charge in [-0.3, -0.25) is 9.78 Å². The standard InChI is InChI=1S/C30H29ClN4O2S/c1-17(2)29(36)33-23-11-10-21(15-19(23)4)35-28(27(34-30(35)38)24-7-5-6-14-32-24)26-13-12-25(37-26)22-16-20(31)9-8-18(22)3/h5-17,27-28H,1-4H3,(H,33,36)(H,34,38)/t27-,28-/m1/s1. The average Bonchev–Trinajstić information content (AvgIpc) is 3.51. The number of aromatic nitrogens is 1. The SMILES string of the molecule is Cc1cc(N2C(=S)N[C@H](c3ccccn3)[C@H]2c2ccc(-c3cc(Cl)ccc3C)o2)ccc1NC(=O)C(C)C. The van der Waals surface area contributed by atoms with Crippen molar-refractivity contribution in [2.45, 2.75) is 39.8 Å². The summed E-state index contributed by atoms with van der Waals surface area (Å²) in [5.41, 5.74) is 5.48. The van der Waals surface area contributed by atoms with E-state index in [1.807, 2.05) is 94.4 Å². The van der Waals surface area contributed by atoms with Crippen molar-refractivity contribution >= 4 is 46.2 Å². The quantitative estimate of drug-likeness (QED) is 0.247. The highest BCUT2D eigenvalue weighted by Crippen LogP contribution is 2.43. The fraction of sp³-hybridized carbons (Fsp3) is 0.233. The van der Waals surface area contributed by atoms with Crippen LogP contribution in [-0.2, 0) is 4.79 Å². The van der Waals surface area contributed by atoms with Crippen LogP contribution >= 0.6 is 23.8 Å². The number of amides is 1. The highest BCUT2D eigenvalue weighted by atomic mass is 35.5. The summed E-state index contributed by atoms with van der Waals surface area (Å²) in [5, 5.41) is 7.69. The van der Waals surface area contributed by atoms with E-state index < -0.39 is 0 Å². The molecule has 3 heterocycles. The van der Waals surface area contributed by atoms with Gasteiger partial charge in [-0.25, -0.2) is 0 Å². The molecule has 194 valence electrons. The Bertz CT molecular complexity index is 1500. The summed E-state index contributed by atoms with van der Waals surface area (Å²) in [6.45, 7) is 7.76. The predicted molar refractivity (Wildman–Crippen MR) is 156 cm³/mol. The number of anilines is 2. The Morgan fingerprint density at radius 2 is 1.89 bits per heavy atom. The smallest absolute Gasteiger partial charge is 0.226 e. The summed E-state index contributed by atoms with van der Waals surface area (Å²) in [4.78, 5) is 19.0. The fourth-order valence-electron chi connectivity index (χ4n) is 4.65. The monoisotopic (exact) mass is 544 g/mol. The molecule has 0 unspecified atom stereocenters. The van der Waals surface area contributed by atoms with Gasteiger partial charge in [0.25, 0.3) is 0 Å². The molecule has 5 rings (SSSR count). The number of benzene rings is 2. The summed E-state index contributed by atoms with van der Waals surface area (Å²) in [7, 11) is 0. The summed E-state index contributed by atoms with van der Waals surface area (Å²) in [5.74, 6) is 1.36. The molecule has 0 saturated carbocycles. The molecule has 1 aliphatic rings. The molecule has 0 radical (unpaired) electrons. The van der Waals surface area contributed by atoms with Gasteiger partial charge in [0.2, 0.25) is 5.91 Å². The molecule has 1 fully saturated rings. The van der Waals surface area contributed by atoms with Crippen LogP contribution in [0.3, 0.4) is 0 Å². The Balaban J connectivity index is 1.56. The zero-order valence-electron chi connectivity index (χ0n) is 21.7. The number of carbonyl (C=O) groups excluding carboxylic acids is 1. The van der Waals surface area contributed by atoms with Crippen molar-refractivity contribution in [2.24, 2.45) is 5.92 Å². The molecule has 2 aromatic carbocycles. The van der Waals surface area contributed by atoms with Crippen molar-refractivity contribution in [3.63, 3.8) is 0 Å². The molecule has 0 spiro atoms. The van der Waals surface area contributed by atoms with Crippen LogP contribution in [0.25, 0.3) is 11.3 Å². The van der Waals surface area contributed by atoms with Crippen LogP contribution in [0.15, 0.2) is 77.3 Å². The fourth-order valence-corrected chi connectivity index (χ4v) is 5.17. The molecular weight excluding hydrogens is 516 g/mol. The first-order chi connectivity index (χ1) is 18.2. The number of hydrogen-bond acceptors (Lipinski definition) is 4. The molecule has 1 aliphatic heterocycles. The van der Waals surface area contributed by atoms with E-state index in [1.54, 1.807) is 6.20 Å². The van der Waals surface area contributed by atoms with Crippen LogP contribution in [0.1, 0.15) is 48.5 Å². The summed E-state index contributed by atoms with van der Waals surface area (Å²) >= 11 is 12.1. The number of rotatable bonds is 6. The Labute approximate surface area is 233 Å². The lowest BCUT2D eigenvalue weighted by atomic mass is 10.0. The van der Waals surface area contributed by atoms with E-state index in [2.05, 4.69) is 20.5 Å². The van der Waals surface area contributed by atoms with Gasteiger partial charge in [0.15, 0.2) is 5.11 Å². The number of nitrogens with zero attached hydrogens (tertiary/aromatic N) is 2. The Kier molecular flexibility index (Phi) is 7.23. The zero-order chi connectivity index (χ0) is 27.0. The van der Waals surface area contributed by atoms with E-state index in [4.69, 9.17) is 28.2 Å². The Morgan fingerprint density at radius 1 is 1.08 bits per heavy atom. The van der Waals surface area contributed by atoms with E-state index >= 15 is 0 Å². The van der Waals surface area contributed by atoms with Gasteiger partial charge in [0.05, 0.1) is 11.7 Å². The topological polar surface area (TPSA) is 70.4 Å². The van der Waals surface area contributed by atoms with Crippen LogP contribution in [0.4, 0.5) is 11.4 Å². The highest BCUT2D eigenvalue weighted by Gasteiger charge is 2.42. The molecular formula is C30H29ClN4O2S. The first-order valence-corrected chi connectivity index (χ1v) is 13.3. The number of halogens is 1. The van der Waals surface area contributed by atoms with E-state index in [-0.39, 0.29) is 23.9 Å². The second kappa shape index (κ2) is 10.6. The van der Waals surface area contributed by atoms with Crippen LogP contribution in [-0.4, -0.2) is 16.0 Å². The maximum Gasteiger partial charge on any atom is 0.226 e. The van der Waals surface area contributed by atoms with Gasteiger partial charge in [-0.2, -0.15) is 0 Å². The largest absolute Gasteiger partial charge is 0.459 e. The highest BCUT2D eigenvalue weighted by molar-refractivity contribution is 7.80. The second-order valence-corrected chi connectivity index (χ2v) is 10.6. The molecule has 6 nitrogen and oxygen atoms in total. The molecule has 8 heteroatoms. The van der Waals surface area contributed by atoms with E-state index in [0.29, 0.717) is 10.1 Å². The minimum atomic E-state index is -0.291. The van der Waals surface area contributed by atoms with Crippen molar-refractivity contribution in [1.29, 1.82) is 0 Å². The van der Waals surface area contributed by atoms with E-state index in [1.165, 1.54) is 0 Å². The molecule has 38 heavy (non-hydrogen) atoms. The number of nitrogens with one attached hydrogen (secondary N) is 2. The molecule has 1 amide bonds. The van der Waals surface area contributed by atoms with E-state index in [0.717, 1.165) is 45.3 Å². The maximum absolute atomic E-state index is 12.3. The third-order valence-electron chi connectivity index (χ3n) is 6.75. The van der Waals surface area contributed by atoms with Crippen LogP contribution in [0.2, 0.25) is 5.02 Å². The number of aryl methyl sites for hydroxylation is 2. The van der Waals surface area contributed by atoms with Gasteiger partial charge in [0.1, 0.15) is 17.6 Å². The van der Waals surface area contributed by atoms with E-state index in [9.17, 15) is 4.79 Å².